The van der Waals surface area contributed by atoms with Crippen molar-refractivity contribution in [2.75, 3.05) is 45.2 Å². The number of rotatable bonds is 5. The highest BCUT2D eigenvalue weighted by Gasteiger charge is 2.25. The van der Waals surface area contributed by atoms with E-state index in [2.05, 4.69) is 10.3 Å². The van der Waals surface area contributed by atoms with Gasteiger partial charge in [0.1, 0.15) is 5.75 Å². The van der Waals surface area contributed by atoms with Crippen LogP contribution in [-0.4, -0.2) is 66.4 Å². The Morgan fingerprint density at radius 2 is 1.84 bits per heavy atom. The number of amides is 2. The summed E-state index contributed by atoms with van der Waals surface area (Å²) < 4.78 is 5.26. The number of carbonyl (C=O) groups is 2. The van der Waals surface area contributed by atoms with Crippen molar-refractivity contribution in [2.45, 2.75) is 6.92 Å². The van der Waals surface area contributed by atoms with Gasteiger partial charge in [-0.25, -0.2) is 0 Å². The Hall–Kier alpha value is -3.16. The van der Waals surface area contributed by atoms with Crippen LogP contribution in [0.5, 0.6) is 5.75 Å². The van der Waals surface area contributed by atoms with Crippen LogP contribution in [0.15, 0.2) is 48.5 Å². The summed E-state index contributed by atoms with van der Waals surface area (Å²) in [5.41, 5.74) is 2.70. The van der Waals surface area contributed by atoms with E-state index < -0.39 is 0 Å². The summed E-state index contributed by atoms with van der Waals surface area (Å²) in [4.78, 5) is 34.0. The normalized spacial score (nSPS) is 14.4. The number of para-hydroxylation sites is 1. The zero-order valence-corrected chi connectivity index (χ0v) is 18.9. The molecule has 1 aromatic heterocycles. The maximum Gasteiger partial charge on any atom is 0.255 e. The van der Waals surface area contributed by atoms with Crippen LogP contribution in [0.1, 0.15) is 16.1 Å². The van der Waals surface area contributed by atoms with Crippen molar-refractivity contribution in [1.82, 2.24) is 14.8 Å². The highest BCUT2D eigenvalue weighted by molar-refractivity contribution is 6.33. The van der Waals surface area contributed by atoms with Crippen LogP contribution < -0.4 is 10.1 Å². The number of piperazine rings is 1. The number of aryl methyl sites for hydroxylation is 1. The van der Waals surface area contributed by atoms with Crippen LogP contribution in [0.2, 0.25) is 5.02 Å². The molecule has 4 rings (SSSR count). The Morgan fingerprint density at radius 3 is 2.56 bits per heavy atom. The molecule has 2 heterocycles. The molecule has 2 amide bonds. The van der Waals surface area contributed by atoms with Crippen molar-refractivity contribution in [1.29, 1.82) is 0 Å². The van der Waals surface area contributed by atoms with Gasteiger partial charge in [-0.2, -0.15) is 0 Å². The van der Waals surface area contributed by atoms with E-state index in [1.165, 1.54) is 0 Å². The molecule has 166 valence electrons. The molecule has 1 saturated heterocycles. The van der Waals surface area contributed by atoms with Gasteiger partial charge in [-0.15, -0.1) is 0 Å². The molecule has 1 fully saturated rings. The Balaban J connectivity index is 1.36. The average molecular weight is 453 g/mol. The molecule has 0 saturated carbocycles. The predicted molar refractivity (Wildman–Crippen MR) is 125 cm³/mol. The third-order valence-corrected chi connectivity index (χ3v) is 5.95. The first-order chi connectivity index (χ1) is 15.4. The van der Waals surface area contributed by atoms with E-state index in [0.717, 1.165) is 16.7 Å². The molecule has 32 heavy (non-hydrogen) atoms. The van der Waals surface area contributed by atoms with Crippen LogP contribution in [0.25, 0.3) is 10.9 Å². The number of ether oxygens (including phenoxy) is 1. The molecule has 2 aromatic carbocycles. The number of halogens is 1. The Bertz CT molecular complexity index is 1160. The van der Waals surface area contributed by atoms with Crippen LogP contribution in [-0.2, 0) is 4.79 Å². The number of aromatic nitrogens is 1. The van der Waals surface area contributed by atoms with Crippen molar-refractivity contribution >= 4 is 40.0 Å². The Labute approximate surface area is 191 Å². The lowest BCUT2D eigenvalue weighted by Crippen LogP contribution is -2.50. The Kier molecular flexibility index (Phi) is 6.58. The summed E-state index contributed by atoms with van der Waals surface area (Å²) in [6.45, 7) is 4.46. The largest absolute Gasteiger partial charge is 0.497 e. The van der Waals surface area contributed by atoms with Crippen molar-refractivity contribution in [2.24, 2.45) is 0 Å². The van der Waals surface area contributed by atoms with Crippen molar-refractivity contribution in [3.8, 4) is 5.75 Å². The van der Waals surface area contributed by atoms with E-state index in [1.54, 1.807) is 19.2 Å². The van der Waals surface area contributed by atoms with E-state index in [4.69, 9.17) is 16.3 Å². The van der Waals surface area contributed by atoms with Crippen LogP contribution in [0, 0.1) is 6.92 Å². The first-order valence-electron chi connectivity index (χ1n) is 10.5. The average Bonchev–Trinajstić information content (AvgIpc) is 2.79. The monoisotopic (exact) mass is 452 g/mol. The summed E-state index contributed by atoms with van der Waals surface area (Å²) in [7, 11) is 1.62. The molecule has 0 radical (unpaired) electrons. The summed E-state index contributed by atoms with van der Waals surface area (Å²) in [5.74, 6) is 0.578. The third-order valence-electron chi connectivity index (χ3n) is 5.62. The lowest BCUT2D eigenvalue weighted by molar-refractivity contribution is -0.117. The van der Waals surface area contributed by atoms with Gasteiger partial charge in [-0.1, -0.05) is 23.7 Å². The van der Waals surface area contributed by atoms with Gasteiger partial charge >= 0.3 is 0 Å². The van der Waals surface area contributed by atoms with E-state index in [0.29, 0.717) is 48.1 Å². The second kappa shape index (κ2) is 9.54. The van der Waals surface area contributed by atoms with Gasteiger partial charge < -0.3 is 15.0 Å². The van der Waals surface area contributed by atoms with Crippen molar-refractivity contribution < 1.29 is 14.3 Å². The fourth-order valence-corrected chi connectivity index (χ4v) is 4.00. The number of nitrogens with one attached hydrogen (secondary N) is 1. The number of hydrogen-bond acceptors (Lipinski definition) is 5. The molecular formula is C24H25ClN4O3. The van der Waals surface area contributed by atoms with Crippen LogP contribution in [0.3, 0.4) is 0 Å². The number of hydrogen-bond donors (Lipinski definition) is 1. The highest BCUT2D eigenvalue weighted by atomic mass is 35.5. The Morgan fingerprint density at radius 1 is 1.09 bits per heavy atom. The number of benzene rings is 2. The molecule has 0 aliphatic carbocycles. The van der Waals surface area contributed by atoms with Gasteiger partial charge in [0.05, 0.1) is 41.1 Å². The predicted octanol–water partition coefficient (Wildman–Crippen LogP) is 3.60. The minimum Gasteiger partial charge on any atom is -0.497 e. The minimum atomic E-state index is -0.122. The van der Waals surface area contributed by atoms with E-state index in [-0.39, 0.29) is 18.4 Å². The maximum atomic E-state index is 13.1. The fourth-order valence-electron chi connectivity index (χ4n) is 3.82. The zero-order valence-electron chi connectivity index (χ0n) is 18.1. The SMILES string of the molecule is COc1ccc2cc(C(=O)N3CCN(CC(=O)Nc4ccccc4Cl)CC3)c(C)nc2c1. The summed E-state index contributed by atoms with van der Waals surface area (Å²) >= 11 is 6.10. The number of anilines is 1. The molecule has 1 aliphatic rings. The second-order valence-corrected chi connectivity index (χ2v) is 8.18. The van der Waals surface area contributed by atoms with Crippen LogP contribution in [0.4, 0.5) is 5.69 Å². The quantitative estimate of drug-likeness (QED) is 0.640. The molecule has 0 atom stereocenters. The zero-order chi connectivity index (χ0) is 22.7. The number of nitrogens with zero attached hydrogens (tertiary/aromatic N) is 3. The molecule has 7 nitrogen and oxygen atoms in total. The topological polar surface area (TPSA) is 74.8 Å². The maximum absolute atomic E-state index is 13.1. The number of fused-ring (bicyclic) bond motifs is 1. The number of methoxy groups -OCH3 is 1. The third kappa shape index (κ3) is 4.84. The van der Waals surface area contributed by atoms with Crippen molar-refractivity contribution in [3.63, 3.8) is 0 Å². The van der Waals surface area contributed by atoms with Gasteiger partial charge in [0.25, 0.3) is 5.91 Å². The van der Waals surface area contributed by atoms with E-state index in [9.17, 15) is 9.59 Å². The molecule has 1 N–H and O–H groups in total. The number of pyridine rings is 1. The van der Waals surface area contributed by atoms with Gasteiger partial charge in [0.2, 0.25) is 5.91 Å². The molecule has 0 unspecified atom stereocenters. The first-order valence-corrected chi connectivity index (χ1v) is 10.8. The fraction of sp³-hybridized carbons (Fsp3) is 0.292. The lowest BCUT2D eigenvalue weighted by atomic mass is 10.1. The molecule has 3 aromatic rings. The summed E-state index contributed by atoms with van der Waals surface area (Å²) in [6.07, 6.45) is 0. The number of carbonyl (C=O) groups excluding carboxylic acids is 2. The summed E-state index contributed by atoms with van der Waals surface area (Å²) in [5, 5.41) is 4.25. The van der Waals surface area contributed by atoms with E-state index in [1.807, 2.05) is 53.1 Å². The smallest absolute Gasteiger partial charge is 0.255 e. The molecular weight excluding hydrogens is 428 g/mol. The molecule has 0 spiro atoms. The van der Waals surface area contributed by atoms with Gasteiger partial charge in [0.15, 0.2) is 0 Å². The second-order valence-electron chi connectivity index (χ2n) is 7.78. The standard InChI is InChI=1S/C24H25ClN4O3/c1-16-19(13-17-7-8-18(32-2)14-22(17)26-16)24(31)29-11-9-28(10-12-29)15-23(30)27-21-6-4-3-5-20(21)25/h3-8,13-14H,9-12,15H2,1-2H3,(H,27,30). The van der Waals surface area contributed by atoms with E-state index >= 15 is 0 Å². The van der Waals surface area contributed by atoms with Crippen LogP contribution >= 0.6 is 11.6 Å². The van der Waals surface area contributed by atoms with Crippen molar-refractivity contribution in [3.05, 3.63) is 64.8 Å². The minimum absolute atomic E-state index is 0.0344. The van der Waals surface area contributed by atoms with Gasteiger partial charge in [-0.05, 0) is 37.3 Å². The first kappa shape index (κ1) is 22.0. The molecule has 1 aliphatic heterocycles. The van der Waals surface area contributed by atoms with Gasteiger partial charge in [0, 0.05) is 37.6 Å². The summed E-state index contributed by atoms with van der Waals surface area (Å²) in [6, 6.07) is 14.7. The van der Waals surface area contributed by atoms with Gasteiger partial charge in [-0.3, -0.25) is 19.5 Å². The molecule has 8 heteroatoms. The lowest BCUT2D eigenvalue weighted by Gasteiger charge is -2.34. The molecule has 0 bridgehead atoms. The highest BCUT2D eigenvalue weighted by Crippen LogP contribution is 2.23.